The van der Waals surface area contributed by atoms with E-state index < -0.39 is 10.2 Å². The minimum absolute atomic E-state index is 0.125. The third-order valence-electron chi connectivity index (χ3n) is 4.00. The van der Waals surface area contributed by atoms with Crippen LogP contribution in [-0.4, -0.2) is 44.1 Å². The molecule has 0 saturated carbocycles. The first-order valence-electron chi connectivity index (χ1n) is 7.31. The Labute approximate surface area is 127 Å². The summed E-state index contributed by atoms with van der Waals surface area (Å²) >= 11 is 0. The molecule has 6 heteroatoms. The second kappa shape index (κ2) is 6.34. The van der Waals surface area contributed by atoms with Crippen molar-refractivity contribution < 1.29 is 13.5 Å². The predicted molar refractivity (Wildman–Crippen MR) is 84.7 cm³/mol. The second-order valence-electron chi connectivity index (χ2n) is 5.76. The fourth-order valence-electron chi connectivity index (χ4n) is 2.88. The Morgan fingerprint density at radius 2 is 1.86 bits per heavy atom. The average Bonchev–Trinajstić information content (AvgIpc) is 2.45. The number of rotatable bonds is 4. The molecule has 1 N–H and O–H groups in total. The fourth-order valence-corrected chi connectivity index (χ4v) is 4.48. The van der Waals surface area contributed by atoms with Gasteiger partial charge in [-0.3, -0.25) is 4.31 Å². The maximum atomic E-state index is 12.8. The van der Waals surface area contributed by atoms with Gasteiger partial charge in [0.25, 0.3) is 0 Å². The lowest BCUT2D eigenvalue weighted by atomic mass is 10.1. The third kappa shape index (κ3) is 3.39. The second-order valence-corrected chi connectivity index (χ2v) is 7.68. The number of aryl methyl sites for hydroxylation is 2. The highest BCUT2D eigenvalue weighted by molar-refractivity contribution is 7.90. The van der Waals surface area contributed by atoms with E-state index in [1.54, 1.807) is 7.05 Å². The zero-order chi connectivity index (χ0) is 15.6. The molecule has 1 aliphatic rings. The average molecular weight is 312 g/mol. The minimum atomic E-state index is -3.60. The van der Waals surface area contributed by atoms with Crippen molar-refractivity contribution in [3.05, 3.63) is 29.3 Å². The smallest absolute Gasteiger partial charge is 0.304 e. The molecule has 0 radical (unpaired) electrons. The summed E-state index contributed by atoms with van der Waals surface area (Å²) in [4.78, 5) is 0. The van der Waals surface area contributed by atoms with E-state index >= 15 is 0 Å². The van der Waals surface area contributed by atoms with Crippen LogP contribution in [0, 0.1) is 13.8 Å². The van der Waals surface area contributed by atoms with E-state index in [-0.39, 0.29) is 12.6 Å². The van der Waals surface area contributed by atoms with E-state index in [0.29, 0.717) is 12.2 Å². The molecular formula is C15H24N2O3S. The highest BCUT2D eigenvalue weighted by atomic mass is 32.2. The molecule has 21 heavy (non-hydrogen) atoms. The van der Waals surface area contributed by atoms with Crippen LogP contribution in [0.4, 0.5) is 5.69 Å². The van der Waals surface area contributed by atoms with Gasteiger partial charge in [-0.1, -0.05) is 12.5 Å². The van der Waals surface area contributed by atoms with E-state index in [9.17, 15) is 13.5 Å². The summed E-state index contributed by atoms with van der Waals surface area (Å²) in [5.74, 6) is 0. The molecule has 0 amide bonds. The zero-order valence-electron chi connectivity index (χ0n) is 12.9. The normalized spacial score (nSPS) is 20.5. The number of aliphatic hydroxyl groups excluding tert-OH is 1. The van der Waals surface area contributed by atoms with Crippen molar-refractivity contribution >= 4 is 15.9 Å². The highest BCUT2D eigenvalue weighted by Crippen LogP contribution is 2.26. The summed E-state index contributed by atoms with van der Waals surface area (Å²) in [6.45, 7) is 4.26. The molecule has 0 aliphatic carbocycles. The Hall–Kier alpha value is -1.11. The number of benzene rings is 1. The van der Waals surface area contributed by atoms with Crippen LogP contribution in [0.5, 0.6) is 0 Å². The summed E-state index contributed by atoms with van der Waals surface area (Å²) in [7, 11) is -2.03. The van der Waals surface area contributed by atoms with E-state index in [0.717, 1.165) is 30.4 Å². The van der Waals surface area contributed by atoms with Gasteiger partial charge < -0.3 is 5.11 Å². The Morgan fingerprint density at radius 3 is 2.43 bits per heavy atom. The summed E-state index contributed by atoms with van der Waals surface area (Å²) in [5.41, 5.74) is 2.73. The largest absolute Gasteiger partial charge is 0.395 e. The highest BCUT2D eigenvalue weighted by Gasteiger charge is 2.34. The lowest BCUT2D eigenvalue weighted by Crippen LogP contribution is -2.51. The van der Waals surface area contributed by atoms with Crippen LogP contribution in [0.3, 0.4) is 0 Å². The SMILES string of the molecule is Cc1cc(C)cc(N(C)S(=O)(=O)N2CCCCC2CO)c1. The summed E-state index contributed by atoms with van der Waals surface area (Å²) in [6, 6.07) is 5.43. The first-order chi connectivity index (χ1) is 9.86. The molecule has 118 valence electrons. The van der Waals surface area contributed by atoms with E-state index in [4.69, 9.17) is 0 Å². The summed E-state index contributed by atoms with van der Waals surface area (Å²) in [5, 5.41) is 9.44. The van der Waals surface area contributed by atoms with Crippen LogP contribution in [-0.2, 0) is 10.2 Å². The summed E-state index contributed by atoms with van der Waals surface area (Å²) < 4.78 is 28.4. The first-order valence-corrected chi connectivity index (χ1v) is 8.71. The van der Waals surface area contributed by atoms with Gasteiger partial charge in [-0.15, -0.1) is 0 Å². The molecule has 1 fully saturated rings. The molecule has 1 aromatic rings. The van der Waals surface area contributed by atoms with Gasteiger partial charge in [0.2, 0.25) is 0 Å². The van der Waals surface area contributed by atoms with Crippen molar-refractivity contribution in [1.82, 2.24) is 4.31 Å². The van der Waals surface area contributed by atoms with Gasteiger partial charge in [-0.25, -0.2) is 0 Å². The Kier molecular flexibility index (Phi) is 4.91. The van der Waals surface area contributed by atoms with E-state index in [1.165, 1.54) is 8.61 Å². The quantitative estimate of drug-likeness (QED) is 0.922. The Bertz CT molecular complexity index is 581. The molecule has 2 rings (SSSR count). The van der Waals surface area contributed by atoms with Crippen molar-refractivity contribution in [3.63, 3.8) is 0 Å². The Morgan fingerprint density at radius 1 is 1.24 bits per heavy atom. The number of anilines is 1. The van der Waals surface area contributed by atoms with Gasteiger partial charge in [0, 0.05) is 19.6 Å². The molecular weight excluding hydrogens is 288 g/mol. The van der Waals surface area contributed by atoms with Gasteiger partial charge in [0.15, 0.2) is 0 Å². The zero-order valence-corrected chi connectivity index (χ0v) is 13.7. The number of piperidine rings is 1. The topological polar surface area (TPSA) is 60.9 Å². The standard InChI is InChI=1S/C15H24N2O3S/c1-12-8-13(2)10-15(9-12)16(3)21(19,20)17-7-5-4-6-14(17)11-18/h8-10,14,18H,4-7,11H2,1-3H3. The van der Waals surface area contributed by atoms with Crippen LogP contribution in [0.15, 0.2) is 18.2 Å². The number of hydrogen-bond donors (Lipinski definition) is 1. The first kappa shape index (κ1) is 16.3. The molecule has 0 spiro atoms. The molecule has 0 aromatic heterocycles. The van der Waals surface area contributed by atoms with E-state index in [2.05, 4.69) is 0 Å². The minimum Gasteiger partial charge on any atom is -0.395 e. The van der Waals surface area contributed by atoms with Gasteiger partial charge in [-0.2, -0.15) is 12.7 Å². The van der Waals surface area contributed by atoms with Crippen LogP contribution in [0.25, 0.3) is 0 Å². The van der Waals surface area contributed by atoms with Crippen LogP contribution in [0.1, 0.15) is 30.4 Å². The lowest BCUT2D eigenvalue weighted by Gasteiger charge is -2.36. The van der Waals surface area contributed by atoms with Crippen molar-refractivity contribution in [3.8, 4) is 0 Å². The molecule has 1 saturated heterocycles. The number of nitrogens with zero attached hydrogens (tertiary/aromatic N) is 2. The molecule has 1 heterocycles. The van der Waals surface area contributed by atoms with Crippen molar-refractivity contribution in [1.29, 1.82) is 0 Å². The van der Waals surface area contributed by atoms with Crippen molar-refractivity contribution in [2.45, 2.75) is 39.2 Å². The maximum Gasteiger partial charge on any atom is 0.304 e. The molecule has 5 nitrogen and oxygen atoms in total. The van der Waals surface area contributed by atoms with Crippen molar-refractivity contribution in [2.24, 2.45) is 0 Å². The number of aliphatic hydroxyl groups is 1. The third-order valence-corrected chi connectivity index (χ3v) is 5.97. The maximum absolute atomic E-state index is 12.8. The summed E-state index contributed by atoms with van der Waals surface area (Å²) in [6.07, 6.45) is 2.53. The number of hydrogen-bond acceptors (Lipinski definition) is 3. The van der Waals surface area contributed by atoms with Crippen LogP contribution in [0.2, 0.25) is 0 Å². The molecule has 0 bridgehead atoms. The molecule has 1 aromatic carbocycles. The lowest BCUT2D eigenvalue weighted by molar-refractivity contribution is 0.155. The van der Waals surface area contributed by atoms with Gasteiger partial charge in [-0.05, 0) is 49.9 Å². The van der Waals surface area contributed by atoms with E-state index in [1.807, 2.05) is 32.0 Å². The molecule has 1 aliphatic heterocycles. The predicted octanol–water partition coefficient (Wildman–Crippen LogP) is 1.83. The fraction of sp³-hybridized carbons (Fsp3) is 0.600. The van der Waals surface area contributed by atoms with Crippen LogP contribution >= 0.6 is 0 Å². The molecule has 1 unspecified atom stereocenters. The van der Waals surface area contributed by atoms with Crippen LogP contribution < -0.4 is 4.31 Å². The van der Waals surface area contributed by atoms with Gasteiger partial charge >= 0.3 is 10.2 Å². The monoisotopic (exact) mass is 312 g/mol. The van der Waals surface area contributed by atoms with Crippen molar-refractivity contribution in [2.75, 3.05) is 24.5 Å². The Balaban J connectivity index is 2.33. The molecule has 1 atom stereocenters. The van der Waals surface area contributed by atoms with Gasteiger partial charge in [0.05, 0.1) is 12.3 Å². The van der Waals surface area contributed by atoms with Gasteiger partial charge in [0.1, 0.15) is 0 Å².